The van der Waals surface area contributed by atoms with Gasteiger partial charge in [-0.15, -0.1) is 6.58 Å². The number of amides is 7. The van der Waals surface area contributed by atoms with E-state index in [9.17, 15) is 14.0 Å². The van der Waals surface area contributed by atoms with Crippen molar-refractivity contribution in [3.63, 3.8) is 0 Å². The predicted octanol–water partition coefficient (Wildman–Crippen LogP) is 6.54. The lowest BCUT2D eigenvalue weighted by molar-refractivity contribution is -0.150. The molecule has 4 heterocycles. The molecule has 5 aromatic rings. The largest absolute Gasteiger partial charge is 0.343 e. The average molecular weight is 1070 g/mol. The molecular formula is C61H76FN9O7. The Morgan fingerprint density at radius 2 is 1.31 bits per heavy atom. The van der Waals surface area contributed by atoms with Crippen LogP contribution in [0.1, 0.15) is 90.8 Å². The van der Waals surface area contributed by atoms with Crippen LogP contribution >= 0.6 is 0 Å². The Labute approximate surface area is 457 Å². The maximum atomic E-state index is 15.6. The highest BCUT2D eigenvalue weighted by molar-refractivity contribution is 5.99. The van der Waals surface area contributed by atoms with Gasteiger partial charge in [-0.3, -0.25) is 38.5 Å². The second kappa shape index (κ2) is 25.2. The van der Waals surface area contributed by atoms with Crippen molar-refractivity contribution in [1.29, 1.82) is 0 Å². The highest BCUT2D eigenvalue weighted by Crippen LogP contribution is 2.30. The van der Waals surface area contributed by atoms with Crippen LogP contribution in [0.15, 0.2) is 116 Å². The Morgan fingerprint density at radius 3 is 1.99 bits per heavy atom. The molecule has 3 aromatic carbocycles. The van der Waals surface area contributed by atoms with Crippen molar-refractivity contribution < 1.29 is 38.0 Å². The molecule has 2 aromatic heterocycles. The molecule has 2 aliphatic heterocycles. The number of hydrogen-bond donors (Lipinski definition) is 4. The lowest BCUT2D eigenvalue weighted by Crippen LogP contribution is -2.61. The van der Waals surface area contributed by atoms with E-state index in [0.717, 1.165) is 21.7 Å². The van der Waals surface area contributed by atoms with Crippen LogP contribution in [-0.2, 0) is 58.4 Å². The van der Waals surface area contributed by atoms with E-state index in [4.69, 9.17) is 0 Å². The smallest absolute Gasteiger partial charge is 0.246 e. The van der Waals surface area contributed by atoms with E-state index in [1.54, 1.807) is 12.4 Å². The molecule has 7 atom stereocenters. The van der Waals surface area contributed by atoms with Gasteiger partial charge < -0.3 is 40.5 Å². The average Bonchev–Trinajstić information content (AvgIpc) is 3.89. The molecular weight excluding hydrogens is 990 g/mol. The van der Waals surface area contributed by atoms with Crippen molar-refractivity contribution in [3.05, 3.63) is 139 Å². The summed E-state index contributed by atoms with van der Waals surface area (Å²) in [6.45, 7) is 17.4. The summed E-state index contributed by atoms with van der Waals surface area (Å²) in [5, 5.41) is 14.3. The van der Waals surface area contributed by atoms with Gasteiger partial charge in [0.05, 0.1) is 5.54 Å². The number of allylic oxidation sites excluding steroid dienone is 1. The van der Waals surface area contributed by atoms with Gasteiger partial charge in [-0.1, -0.05) is 94.5 Å². The van der Waals surface area contributed by atoms with Gasteiger partial charge in [-0.25, -0.2) is 4.39 Å². The van der Waals surface area contributed by atoms with Gasteiger partial charge in [-0.05, 0) is 105 Å². The Morgan fingerprint density at radius 1 is 0.692 bits per heavy atom. The van der Waals surface area contributed by atoms with Crippen LogP contribution in [0, 0.1) is 17.7 Å². The molecule has 17 heteroatoms. The molecule has 0 spiro atoms. The minimum Gasteiger partial charge on any atom is -0.343 e. The monoisotopic (exact) mass is 1070 g/mol. The number of fused-ring (bicyclic) bond motifs is 4. The minimum atomic E-state index is -1.36. The normalized spacial score (nSPS) is 23.4. The topological polar surface area (TPSA) is 195 Å². The van der Waals surface area contributed by atoms with Gasteiger partial charge in [0.1, 0.15) is 48.1 Å². The third kappa shape index (κ3) is 13.7. The molecule has 0 radical (unpaired) electrons. The summed E-state index contributed by atoms with van der Waals surface area (Å²) in [7, 11) is 2.98. The molecule has 0 unspecified atom stereocenters. The maximum absolute atomic E-state index is 15.6. The molecule has 78 heavy (non-hydrogen) atoms. The van der Waals surface area contributed by atoms with E-state index < -0.39 is 95.0 Å². The first kappa shape index (κ1) is 58.0. The second-order valence-electron chi connectivity index (χ2n) is 22.3. The summed E-state index contributed by atoms with van der Waals surface area (Å²) < 4.78 is 16.4. The number of nitrogens with one attached hydrogen (secondary N) is 4. The highest BCUT2D eigenvalue weighted by atomic mass is 19.1. The van der Waals surface area contributed by atoms with Gasteiger partial charge in [-0.2, -0.15) is 0 Å². The van der Waals surface area contributed by atoms with E-state index >= 15 is 24.0 Å². The standard InChI is InChI=1S/C61H76FN9O7/c1-11-61(7,8)71-36-44(46-17-14-15-18-50(46)71)34-49-59(77)69(10)52(29-37(2)3)56(74)65-48(33-41-20-23-43-35-63-27-26-42(43)31-41)54(72)64-39(6)58(76)68(9)51-19-13-12-16-28-70(60(51)78)53(30-38(4)5)57(75)66-47(55(73)67-49)32-40-21-24-45(62)25-22-40/h11-15,17-18,20-27,31,35-39,47-49,51-53H,1,16,19,28-30,32-34H2,2-10H3,(H,64,72)(H,65,74)(H,66,75)(H,67,73)/b13-12-/t39-,47-,48-,49-,51-,52-,53-/m0/s1. The number of likely N-dealkylation sites (N-methyl/N-ethyl adjacent to an activating group) is 2. The van der Waals surface area contributed by atoms with E-state index in [0.29, 0.717) is 23.1 Å². The molecule has 4 N–H and O–H groups in total. The Balaban J connectivity index is 1.38. The maximum Gasteiger partial charge on any atom is 0.246 e. The summed E-state index contributed by atoms with van der Waals surface area (Å²) in [6.07, 6.45) is 11.5. The van der Waals surface area contributed by atoms with Gasteiger partial charge in [0.2, 0.25) is 41.4 Å². The molecule has 0 aliphatic carbocycles. The summed E-state index contributed by atoms with van der Waals surface area (Å²) in [5.74, 6) is -5.19. The lowest BCUT2D eigenvalue weighted by atomic mass is 9.97. The Hall–Kier alpha value is -7.69. The molecule has 16 nitrogen and oxygen atoms in total. The van der Waals surface area contributed by atoms with E-state index in [-0.39, 0.29) is 56.9 Å². The molecule has 7 amide bonds. The third-order valence-corrected chi connectivity index (χ3v) is 15.1. The van der Waals surface area contributed by atoms with Crippen LogP contribution in [-0.4, -0.2) is 129 Å². The number of carbonyl (C=O) groups is 7. The van der Waals surface area contributed by atoms with Crippen molar-refractivity contribution in [2.45, 2.75) is 141 Å². The fourth-order valence-corrected chi connectivity index (χ4v) is 10.5. The summed E-state index contributed by atoms with van der Waals surface area (Å²) in [5.41, 5.74) is 2.18. The first-order valence-electron chi connectivity index (χ1n) is 27.1. The molecule has 1 fully saturated rings. The number of hydrogen-bond acceptors (Lipinski definition) is 8. The van der Waals surface area contributed by atoms with Crippen LogP contribution < -0.4 is 21.3 Å². The fourth-order valence-electron chi connectivity index (χ4n) is 10.5. The molecule has 2 aliphatic rings. The van der Waals surface area contributed by atoms with E-state index in [2.05, 4.69) is 32.8 Å². The number of carbonyl (C=O) groups excluding carboxylic acids is 7. The van der Waals surface area contributed by atoms with Gasteiger partial charge >= 0.3 is 0 Å². The van der Waals surface area contributed by atoms with Gasteiger partial charge in [0.15, 0.2) is 0 Å². The molecule has 0 saturated carbocycles. The van der Waals surface area contributed by atoms with Crippen LogP contribution in [0.2, 0.25) is 0 Å². The van der Waals surface area contributed by atoms with Crippen molar-refractivity contribution in [1.82, 2.24) is 45.5 Å². The molecule has 7 rings (SSSR count). The Kier molecular flexibility index (Phi) is 18.7. The summed E-state index contributed by atoms with van der Waals surface area (Å²) >= 11 is 0. The minimum absolute atomic E-state index is 0.00295. The second-order valence-corrected chi connectivity index (χ2v) is 22.3. The van der Waals surface area contributed by atoms with Gasteiger partial charge in [0.25, 0.3) is 0 Å². The number of aromatic nitrogens is 2. The van der Waals surface area contributed by atoms with Crippen molar-refractivity contribution in [3.8, 4) is 0 Å². The molecule has 414 valence electrons. The quantitative estimate of drug-likeness (QED) is 0.101. The zero-order chi connectivity index (χ0) is 56.6. The van der Waals surface area contributed by atoms with Crippen molar-refractivity contribution in [2.24, 2.45) is 11.8 Å². The SMILES string of the molecule is C=CC(C)(C)n1cc(C[C@@H]2NC(=O)[C@H](Cc3ccc(F)cc3)NC(=O)[C@H](CC(C)C)N3CC/C=C\C[C@@H](C3=O)N(C)C(=O)[C@H](C)NC(=O)[C@H](Cc3ccc4cnccc4c3)NC(=O)[C@H](CC(C)C)N(C)C2=O)c2ccccc21. The summed E-state index contributed by atoms with van der Waals surface area (Å²) in [4.78, 5) is 114. The number of benzene rings is 3. The third-order valence-electron chi connectivity index (χ3n) is 15.1. The summed E-state index contributed by atoms with van der Waals surface area (Å²) in [6, 6.07) is 12.1. The van der Waals surface area contributed by atoms with Crippen LogP contribution in [0.25, 0.3) is 21.7 Å². The first-order chi connectivity index (χ1) is 37.1. The van der Waals surface area contributed by atoms with Crippen LogP contribution in [0.4, 0.5) is 4.39 Å². The van der Waals surface area contributed by atoms with E-state index in [1.807, 2.05) is 119 Å². The van der Waals surface area contributed by atoms with Crippen LogP contribution in [0.5, 0.6) is 0 Å². The zero-order valence-electron chi connectivity index (χ0n) is 46.4. The van der Waals surface area contributed by atoms with Gasteiger partial charge in [0, 0.05) is 74.8 Å². The van der Waals surface area contributed by atoms with Crippen LogP contribution in [0.3, 0.4) is 0 Å². The number of halogens is 1. The van der Waals surface area contributed by atoms with Crippen molar-refractivity contribution >= 4 is 63.0 Å². The fraction of sp³-hybridized carbons (Fsp3) is 0.443. The lowest BCUT2D eigenvalue weighted by Gasteiger charge is -2.38. The molecule has 1 saturated heterocycles. The number of pyridine rings is 1. The number of rotatable bonds is 12. The highest BCUT2D eigenvalue weighted by Gasteiger charge is 2.41. The van der Waals surface area contributed by atoms with E-state index in [1.165, 1.54) is 60.0 Å². The Bertz CT molecular complexity index is 3060. The molecule has 2 bridgehead atoms. The number of para-hydroxylation sites is 1. The van der Waals surface area contributed by atoms with Crippen molar-refractivity contribution in [2.75, 3.05) is 20.6 Å². The number of nitrogens with zero attached hydrogens (tertiary/aromatic N) is 5. The zero-order valence-corrected chi connectivity index (χ0v) is 46.4. The predicted molar refractivity (Wildman–Crippen MR) is 300 cm³/mol. The first-order valence-corrected chi connectivity index (χ1v) is 27.1.